The summed E-state index contributed by atoms with van der Waals surface area (Å²) >= 11 is 0. The highest BCUT2D eigenvalue weighted by Gasteiger charge is 2.00. The molecule has 0 atom stereocenters. The minimum Gasteiger partial charge on any atom is -0.497 e. The maximum atomic E-state index is 10.4. The van der Waals surface area contributed by atoms with Crippen molar-refractivity contribution >= 4 is 17.8 Å². The molecule has 0 radical (unpaired) electrons. The molecule has 0 spiro atoms. The van der Waals surface area contributed by atoms with Crippen molar-refractivity contribution in [2.45, 2.75) is 6.92 Å². The van der Waals surface area contributed by atoms with Crippen LogP contribution >= 0.6 is 0 Å². The van der Waals surface area contributed by atoms with Crippen molar-refractivity contribution < 1.29 is 19.5 Å². The maximum Gasteiger partial charge on any atom is 0.353 e. The lowest BCUT2D eigenvalue weighted by molar-refractivity contribution is -0.129. The molecule has 0 unspecified atom stereocenters. The summed E-state index contributed by atoms with van der Waals surface area (Å²) in [5, 5.41) is 12.0. The van der Waals surface area contributed by atoms with Crippen LogP contribution in [0.5, 0.6) is 5.75 Å². The van der Waals surface area contributed by atoms with Gasteiger partial charge >= 0.3 is 5.97 Å². The third kappa shape index (κ3) is 4.69. The molecular weight excluding hydrogens is 234 g/mol. The van der Waals surface area contributed by atoms with Gasteiger partial charge in [0, 0.05) is 0 Å². The third-order valence-electron chi connectivity index (χ3n) is 2.11. The minimum atomic E-state index is -1.09. The van der Waals surface area contributed by atoms with Gasteiger partial charge in [0.1, 0.15) is 12.4 Å². The van der Waals surface area contributed by atoms with Crippen molar-refractivity contribution in [2.24, 2.45) is 5.16 Å². The number of aliphatic carboxylic acids is 1. The van der Waals surface area contributed by atoms with Gasteiger partial charge in [-0.3, -0.25) is 0 Å². The van der Waals surface area contributed by atoms with Crippen LogP contribution in [0, 0.1) is 0 Å². The first-order chi connectivity index (χ1) is 8.63. The molecule has 0 aliphatic rings. The molecular formula is C13H15NO4. The van der Waals surface area contributed by atoms with Crippen molar-refractivity contribution in [1.29, 1.82) is 0 Å². The Morgan fingerprint density at radius 1 is 1.39 bits per heavy atom. The maximum absolute atomic E-state index is 10.4. The fourth-order valence-corrected chi connectivity index (χ4v) is 1.12. The van der Waals surface area contributed by atoms with E-state index in [0.717, 1.165) is 11.3 Å². The molecule has 5 nitrogen and oxygen atoms in total. The summed E-state index contributed by atoms with van der Waals surface area (Å²) in [5.74, 6) is -0.292. The van der Waals surface area contributed by atoms with E-state index in [4.69, 9.17) is 14.7 Å². The van der Waals surface area contributed by atoms with Gasteiger partial charge in [0.25, 0.3) is 0 Å². The summed E-state index contributed by atoms with van der Waals surface area (Å²) in [7, 11) is 1.61. The number of methoxy groups -OCH3 is 1. The number of ether oxygens (including phenoxy) is 1. The van der Waals surface area contributed by atoms with Crippen molar-refractivity contribution in [3.63, 3.8) is 0 Å². The molecule has 0 aliphatic heterocycles. The molecule has 1 aromatic rings. The minimum absolute atomic E-state index is 0.0761. The Bertz CT molecular complexity index is 449. The van der Waals surface area contributed by atoms with E-state index in [9.17, 15) is 4.79 Å². The Morgan fingerprint density at radius 2 is 2.06 bits per heavy atom. The molecule has 0 amide bonds. The van der Waals surface area contributed by atoms with Gasteiger partial charge in [0.2, 0.25) is 0 Å². The second-order valence-electron chi connectivity index (χ2n) is 3.45. The average molecular weight is 249 g/mol. The number of hydrogen-bond acceptors (Lipinski definition) is 4. The second kappa shape index (κ2) is 7.11. The standard InChI is InChI=1S/C13H15NO4/c1-10(13(15)16)14-18-9-3-4-11-5-7-12(17-2)8-6-11/h3-8H,9H2,1-2H3,(H,15,16)/b4-3+,14-10-. The van der Waals surface area contributed by atoms with Gasteiger partial charge in [-0.25, -0.2) is 4.79 Å². The Kier molecular flexibility index (Phi) is 5.44. The summed E-state index contributed by atoms with van der Waals surface area (Å²) in [5.41, 5.74) is 0.922. The summed E-state index contributed by atoms with van der Waals surface area (Å²) in [6, 6.07) is 7.52. The van der Waals surface area contributed by atoms with Gasteiger partial charge in [-0.15, -0.1) is 0 Å². The number of carboxylic acid groups (broad SMARTS) is 1. The second-order valence-corrected chi connectivity index (χ2v) is 3.45. The topological polar surface area (TPSA) is 68.1 Å². The molecule has 0 heterocycles. The van der Waals surface area contributed by atoms with E-state index >= 15 is 0 Å². The van der Waals surface area contributed by atoms with Gasteiger partial charge in [0.05, 0.1) is 7.11 Å². The third-order valence-corrected chi connectivity index (χ3v) is 2.11. The molecule has 0 saturated heterocycles. The zero-order valence-electron chi connectivity index (χ0n) is 10.3. The van der Waals surface area contributed by atoms with E-state index in [1.165, 1.54) is 6.92 Å². The molecule has 5 heteroatoms. The van der Waals surface area contributed by atoms with Crippen molar-refractivity contribution in [3.05, 3.63) is 35.9 Å². The molecule has 1 aromatic carbocycles. The van der Waals surface area contributed by atoms with Crippen LogP contribution in [0.3, 0.4) is 0 Å². The molecule has 0 fully saturated rings. The highest BCUT2D eigenvalue weighted by atomic mass is 16.6. The van der Waals surface area contributed by atoms with Gasteiger partial charge in [0.15, 0.2) is 5.71 Å². The van der Waals surface area contributed by atoms with E-state index in [2.05, 4.69) is 5.16 Å². The average Bonchev–Trinajstić information content (AvgIpc) is 2.38. The summed E-state index contributed by atoms with van der Waals surface area (Å²) < 4.78 is 5.04. The quantitative estimate of drug-likeness (QED) is 0.476. The predicted molar refractivity (Wildman–Crippen MR) is 68.7 cm³/mol. The highest BCUT2D eigenvalue weighted by molar-refractivity contribution is 6.34. The Labute approximate surface area is 105 Å². The highest BCUT2D eigenvalue weighted by Crippen LogP contribution is 2.12. The Hall–Kier alpha value is -2.30. The first-order valence-corrected chi connectivity index (χ1v) is 5.34. The zero-order chi connectivity index (χ0) is 13.4. The van der Waals surface area contributed by atoms with E-state index in [1.807, 2.05) is 30.3 Å². The Morgan fingerprint density at radius 3 is 2.61 bits per heavy atom. The zero-order valence-corrected chi connectivity index (χ0v) is 10.3. The number of carbonyl (C=O) groups is 1. The number of hydrogen-bond donors (Lipinski definition) is 1. The van der Waals surface area contributed by atoms with Crippen LogP contribution in [0.15, 0.2) is 35.5 Å². The van der Waals surface area contributed by atoms with E-state index < -0.39 is 5.97 Å². The lowest BCUT2D eigenvalue weighted by Crippen LogP contribution is -2.08. The molecule has 0 bridgehead atoms. The van der Waals surface area contributed by atoms with Crippen LogP contribution in [0.25, 0.3) is 6.08 Å². The molecule has 1 rings (SSSR count). The number of oxime groups is 1. The van der Waals surface area contributed by atoms with Crippen molar-refractivity contribution in [1.82, 2.24) is 0 Å². The first kappa shape index (κ1) is 13.8. The fourth-order valence-electron chi connectivity index (χ4n) is 1.12. The smallest absolute Gasteiger partial charge is 0.353 e. The van der Waals surface area contributed by atoms with Crippen LogP contribution in [0.4, 0.5) is 0 Å². The van der Waals surface area contributed by atoms with Gasteiger partial charge in [-0.2, -0.15) is 0 Å². The van der Waals surface area contributed by atoms with Crippen LogP contribution in [0.2, 0.25) is 0 Å². The van der Waals surface area contributed by atoms with Crippen molar-refractivity contribution in [3.8, 4) is 5.75 Å². The lowest BCUT2D eigenvalue weighted by Gasteiger charge is -1.99. The SMILES string of the molecule is COc1ccc(/C=C/CO/N=C(/C)C(=O)O)cc1. The first-order valence-electron chi connectivity index (χ1n) is 5.34. The fraction of sp³-hybridized carbons (Fsp3) is 0.231. The number of nitrogens with zero attached hydrogens (tertiary/aromatic N) is 1. The van der Waals surface area contributed by atoms with Gasteiger partial charge in [-0.1, -0.05) is 23.4 Å². The van der Waals surface area contributed by atoms with E-state index in [-0.39, 0.29) is 12.3 Å². The largest absolute Gasteiger partial charge is 0.497 e. The normalized spacial score (nSPS) is 11.6. The van der Waals surface area contributed by atoms with Crippen LogP contribution in [0.1, 0.15) is 12.5 Å². The molecule has 0 aliphatic carbocycles. The molecule has 1 N–H and O–H groups in total. The molecule has 18 heavy (non-hydrogen) atoms. The van der Waals surface area contributed by atoms with Crippen LogP contribution < -0.4 is 4.74 Å². The van der Waals surface area contributed by atoms with Crippen LogP contribution in [-0.4, -0.2) is 30.5 Å². The molecule has 96 valence electrons. The van der Waals surface area contributed by atoms with E-state index in [1.54, 1.807) is 13.2 Å². The van der Waals surface area contributed by atoms with Gasteiger partial charge in [-0.05, 0) is 30.7 Å². The molecule has 0 aromatic heterocycles. The van der Waals surface area contributed by atoms with Gasteiger partial charge < -0.3 is 14.7 Å². The Balaban J connectivity index is 2.41. The number of carboxylic acids is 1. The summed E-state index contributed by atoms with van der Waals surface area (Å²) in [6.45, 7) is 1.59. The van der Waals surface area contributed by atoms with Crippen LogP contribution in [-0.2, 0) is 9.63 Å². The van der Waals surface area contributed by atoms with Crippen molar-refractivity contribution in [2.75, 3.05) is 13.7 Å². The molecule has 0 saturated carbocycles. The summed E-state index contributed by atoms with van der Waals surface area (Å²) in [4.78, 5) is 15.2. The number of rotatable bonds is 6. The van der Waals surface area contributed by atoms with E-state index in [0.29, 0.717) is 0 Å². The monoisotopic (exact) mass is 249 g/mol. The number of benzene rings is 1. The lowest BCUT2D eigenvalue weighted by atomic mass is 10.2. The predicted octanol–water partition coefficient (Wildman–Crippen LogP) is 2.19. The summed E-state index contributed by atoms with van der Waals surface area (Å²) in [6.07, 6.45) is 3.60.